The summed E-state index contributed by atoms with van der Waals surface area (Å²) >= 11 is 0. The van der Waals surface area contributed by atoms with E-state index >= 15 is 0 Å². The molecule has 1 unspecified atom stereocenters. The van der Waals surface area contributed by atoms with E-state index in [9.17, 15) is 27.9 Å². The van der Waals surface area contributed by atoms with Gasteiger partial charge in [0.15, 0.2) is 0 Å². The first-order valence-corrected chi connectivity index (χ1v) is 8.78. The first-order chi connectivity index (χ1) is 13.3. The van der Waals surface area contributed by atoms with Crippen LogP contribution >= 0.6 is 0 Å². The van der Waals surface area contributed by atoms with Crippen LogP contribution in [0.2, 0.25) is 0 Å². The van der Waals surface area contributed by atoms with Gasteiger partial charge in [-0.05, 0) is 54.5 Å². The van der Waals surface area contributed by atoms with Gasteiger partial charge in [-0.2, -0.15) is 13.2 Å². The highest BCUT2D eigenvalue weighted by Gasteiger charge is 2.34. The number of rotatable bonds is 5. The summed E-state index contributed by atoms with van der Waals surface area (Å²) in [7, 11) is 0. The van der Waals surface area contributed by atoms with Crippen molar-refractivity contribution in [2.45, 2.75) is 31.5 Å². The fourth-order valence-corrected chi connectivity index (χ4v) is 2.81. The Morgan fingerprint density at radius 1 is 1.04 bits per heavy atom. The van der Waals surface area contributed by atoms with Gasteiger partial charge < -0.3 is 5.11 Å². The second-order valence-corrected chi connectivity index (χ2v) is 6.75. The number of benzene rings is 2. The molecule has 28 heavy (non-hydrogen) atoms. The van der Waals surface area contributed by atoms with Gasteiger partial charge in [-0.3, -0.25) is 20.4 Å². The molecule has 2 amide bonds. The second-order valence-electron chi connectivity index (χ2n) is 6.75. The zero-order valence-corrected chi connectivity index (χ0v) is 14.8. The Balaban J connectivity index is 1.66. The van der Waals surface area contributed by atoms with Gasteiger partial charge >= 0.3 is 6.18 Å². The van der Waals surface area contributed by atoms with Crippen LogP contribution in [-0.2, 0) is 17.4 Å². The van der Waals surface area contributed by atoms with Crippen LogP contribution in [0, 0.1) is 5.92 Å². The molecule has 0 bridgehead atoms. The molecule has 0 heterocycles. The highest BCUT2D eigenvalue weighted by Crippen LogP contribution is 2.32. The number of carbonyl (C=O) groups is 2. The molecule has 148 valence electrons. The Morgan fingerprint density at radius 3 is 2.29 bits per heavy atom. The third-order valence-corrected chi connectivity index (χ3v) is 4.57. The Morgan fingerprint density at radius 2 is 1.68 bits per heavy atom. The maximum atomic E-state index is 12.7. The predicted molar refractivity (Wildman–Crippen MR) is 95.0 cm³/mol. The molecule has 2 aromatic carbocycles. The molecule has 8 heteroatoms. The lowest BCUT2D eigenvalue weighted by molar-refractivity contribution is -0.137. The number of hydrogen-bond donors (Lipinski definition) is 3. The summed E-state index contributed by atoms with van der Waals surface area (Å²) < 4.78 is 38.0. The van der Waals surface area contributed by atoms with E-state index in [2.05, 4.69) is 10.9 Å². The molecule has 2 aromatic rings. The van der Waals surface area contributed by atoms with E-state index in [0.717, 1.165) is 25.0 Å². The number of aliphatic hydroxyl groups is 1. The van der Waals surface area contributed by atoms with Gasteiger partial charge in [0.1, 0.15) is 6.10 Å². The molecule has 0 radical (unpaired) electrons. The minimum atomic E-state index is -4.40. The maximum Gasteiger partial charge on any atom is 0.416 e. The van der Waals surface area contributed by atoms with Crippen LogP contribution in [-0.4, -0.2) is 23.0 Å². The average Bonchev–Trinajstić information content (AvgIpc) is 3.50. The van der Waals surface area contributed by atoms with Crippen LogP contribution in [0.25, 0.3) is 0 Å². The lowest BCUT2D eigenvalue weighted by Gasteiger charge is -2.13. The van der Waals surface area contributed by atoms with Crippen molar-refractivity contribution in [1.82, 2.24) is 10.9 Å². The fourth-order valence-electron chi connectivity index (χ4n) is 2.81. The average molecular weight is 392 g/mol. The summed E-state index contributed by atoms with van der Waals surface area (Å²) in [6, 6.07) is 11.3. The Bertz CT molecular complexity index is 862. The van der Waals surface area contributed by atoms with E-state index in [1.165, 1.54) is 12.1 Å². The van der Waals surface area contributed by atoms with Crippen molar-refractivity contribution < 1.29 is 27.9 Å². The minimum Gasteiger partial charge on any atom is -0.383 e. The van der Waals surface area contributed by atoms with Gasteiger partial charge in [-0.25, -0.2) is 0 Å². The lowest BCUT2D eigenvalue weighted by atomic mass is 9.98. The van der Waals surface area contributed by atoms with E-state index in [-0.39, 0.29) is 17.9 Å². The molecule has 1 aliphatic carbocycles. The van der Waals surface area contributed by atoms with Crippen LogP contribution < -0.4 is 10.9 Å². The molecule has 3 rings (SSSR count). The Kier molecular flexibility index (Phi) is 5.69. The first kappa shape index (κ1) is 19.9. The largest absolute Gasteiger partial charge is 0.416 e. The van der Waals surface area contributed by atoms with Crippen molar-refractivity contribution in [2.75, 3.05) is 0 Å². The lowest BCUT2D eigenvalue weighted by Crippen LogP contribution is -2.47. The molecule has 0 aromatic heterocycles. The van der Waals surface area contributed by atoms with Crippen molar-refractivity contribution >= 4 is 11.8 Å². The number of amides is 2. The Labute approximate surface area is 159 Å². The molecule has 0 spiro atoms. The fraction of sp³-hybridized carbons (Fsp3) is 0.300. The number of hydrazine groups is 1. The maximum absolute atomic E-state index is 12.7. The monoisotopic (exact) mass is 392 g/mol. The molecule has 1 fully saturated rings. The van der Waals surface area contributed by atoms with Crippen LogP contribution in [0.15, 0.2) is 48.5 Å². The summed E-state index contributed by atoms with van der Waals surface area (Å²) in [5.41, 5.74) is 5.22. The van der Waals surface area contributed by atoms with Gasteiger partial charge in [0.05, 0.1) is 5.56 Å². The summed E-state index contributed by atoms with van der Waals surface area (Å²) in [6.45, 7) is 0. The minimum absolute atomic E-state index is 0.0659. The Hall–Kier alpha value is -2.87. The van der Waals surface area contributed by atoms with Gasteiger partial charge in [0.25, 0.3) is 11.8 Å². The third-order valence-electron chi connectivity index (χ3n) is 4.57. The van der Waals surface area contributed by atoms with Gasteiger partial charge in [-0.1, -0.05) is 30.3 Å². The smallest absolute Gasteiger partial charge is 0.383 e. The van der Waals surface area contributed by atoms with Crippen molar-refractivity contribution in [3.05, 3.63) is 70.8 Å². The molecule has 5 nitrogen and oxygen atoms in total. The standard InChI is InChI=1S/C20H19F3N2O3/c21-20(22,23)15-9-5-12(6-10-15)11-14-3-1-2-4-16(14)18(27)24-25-19(28)17(26)13-7-8-13/h1-6,9-10,13,17,26H,7-8,11H2,(H,24,27)(H,25,28). The number of carbonyl (C=O) groups excluding carboxylic acids is 2. The highest BCUT2D eigenvalue weighted by molar-refractivity contribution is 5.97. The van der Waals surface area contributed by atoms with Crippen molar-refractivity contribution in [1.29, 1.82) is 0 Å². The zero-order chi connectivity index (χ0) is 20.3. The van der Waals surface area contributed by atoms with Gasteiger partial charge in [0.2, 0.25) is 0 Å². The van der Waals surface area contributed by atoms with Crippen molar-refractivity contribution in [2.24, 2.45) is 5.92 Å². The second kappa shape index (κ2) is 8.02. The molecule has 0 aliphatic heterocycles. The van der Waals surface area contributed by atoms with E-state index < -0.39 is 29.7 Å². The summed E-state index contributed by atoms with van der Waals surface area (Å²) in [5.74, 6) is -1.31. The molecular weight excluding hydrogens is 373 g/mol. The normalized spacial score (nSPS) is 15.0. The molecule has 1 atom stereocenters. The van der Waals surface area contributed by atoms with E-state index in [0.29, 0.717) is 11.1 Å². The molecule has 1 saturated carbocycles. The molecular formula is C20H19F3N2O3. The molecule has 0 saturated heterocycles. The van der Waals surface area contributed by atoms with Crippen LogP contribution in [0.3, 0.4) is 0 Å². The van der Waals surface area contributed by atoms with Crippen molar-refractivity contribution in [3.63, 3.8) is 0 Å². The summed E-state index contributed by atoms with van der Waals surface area (Å²) in [5, 5.41) is 9.73. The quantitative estimate of drug-likeness (QED) is 0.685. The topological polar surface area (TPSA) is 78.4 Å². The van der Waals surface area contributed by atoms with E-state index in [4.69, 9.17) is 0 Å². The number of nitrogens with one attached hydrogen (secondary N) is 2. The predicted octanol–water partition coefficient (Wildman–Crippen LogP) is 2.83. The number of alkyl halides is 3. The van der Waals surface area contributed by atoms with Crippen LogP contribution in [0.1, 0.15) is 39.9 Å². The van der Waals surface area contributed by atoms with Crippen molar-refractivity contribution in [3.8, 4) is 0 Å². The van der Waals surface area contributed by atoms with E-state index in [1.807, 2.05) is 0 Å². The number of aliphatic hydroxyl groups excluding tert-OH is 1. The van der Waals surface area contributed by atoms with Gasteiger partial charge in [-0.15, -0.1) is 0 Å². The zero-order valence-electron chi connectivity index (χ0n) is 14.8. The molecule has 3 N–H and O–H groups in total. The van der Waals surface area contributed by atoms with E-state index in [1.54, 1.807) is 24.3 Å². The third kappa shape index (κ3) is 4.89. The SMILES string of the molecule is O=C(NNC(=O)C(O)C1CC1)c1ccccc1Cc1ccc(C(F)(F)F)cc1. The summed E-state index contributed by atoms with van der Waals surface area (Å²) in [6.07, 6.45) is -3.75. The van der Waals surface area contributed by atoms with Crippen LogP contribution in [0.5, 0.6) is 0 Å². The summed E-state index contributed by atoms with van der Waals surface area (Å²) in [4.78, 5) is 24.2. The first-order valence-electron chi connectivity index (χ1n) is 8.78. The number of halogens is 3. The van der Waals surface area contributed by atoms with Gasteiger partial charge in [0, 0.05) is 5.56 Å². The molecule has 1 aliphatic rings. The van der Waals surface area contributed by atoms with Crippen LogP contribution in [0.4, 0.5) is 13.2 Å². The number of hydrogen-bond acceptors (Lipinski definition) is 3. The highest BCUT2D eigenvalue weighted by atomic mass is 19.4.